The lowest BCUT2D eigenvalue weighted by atomic mass is 9.96. The Labute approximate surface area is 204 Å². The smallest absolute Gasteiger partial charge is 0.247 e. The highest BCUT2D eigenvalue weighted by Gasteiger charge is 2.23. The van der Waals surface area contributed by atoms with Gasteiger partial charge in [-0.05, 0) is 61.2 Å². The number of nitrogens with two attached hydrogens (primary N) is 1. The number of hydrogen-bond donors (Lipinski definition) is 2. The summed E-state index contributed by atoms with van der Waals surface area (Å²) in [6, 6.07) is 13.9. The van der Waals surface area contributed by atoms with E-state index in [0.717, 1.165) is 70.7 Å². The van der Waals surface area contributed by atoms with Crippen LogP contribution in [0.25, 0.3) is 33.4 Å². The minimum Gasteiger partial charge on any atom is -0.406 e. The van der Waals surface area contributed by atoms with Crippen LogP contribution in [-0.2, 0) is 11.8 Å². The highest BCUT2D eigenvalue weighted by atomic mass is 16.7. The number of carbonyl (C=O) groups excluding carboxylic acids is 1. The number of anilines is 2. The molecule has 1 fully saturated rings. The molecule has 5 rings (SSSR count). The molecule has 3 N–H and O–H groups in total. The van der Waals surface area contributed by atoms with Crippen LogP contribution < -0.4 is 15.9 Å². The lowest BCUT2D eigenvalue weighted by Crippen LogP contribution is -2.23. The van der Waals surface area contributed by atoms with E-state index < -0.39 is 0 Å². The first-order valence-electron chi connectivity index (χ1n) is 11.6. The third-order valence-electron chi connectivity index (χ3n) is 6.37. The highest BCUT2D eigenvalue weighted by molar-refractivity contribution is 6.08. The number of aromatic nitrogens is 3. The zero-order valence-electron chi connectivity index (χ0n) is 19.9. The molecule has 0 bridgehead atoms. The summed E-state index contributed by atoms with van der Waals surface area (Å²) in [4.78, 5) is 26.6. The zero-order valence-corrected chi connectivity index (χ0v) is 19.9. The molecule has 0 aliphatic carbocycles. The molecule has 0 radical (unpaired) electrons. The lowest BCUT2D eigenvalue weighted by Gasteiger charge is -2.16. The van der Waals surface area contributed by atoms with E-state index in [1.54, 1.807) is 0 Å². The summed E-state index contributed by atoms with van der Waals surface area (Å²) in [6.45, 7) is 7.43. The van der Waals surface area contributed by atoms with E-state index >= 15 is 0 Å². The van der Waals surface area contributed by atoms with E-state index in [9.17, 15) is 4.79 Å². The molecule has 4 aromatic rings. The third-order valence-corrected chi connectivity index (χ3v) is 6.37. The fraction of sp³-hybridized carbons (Fsp3) is 0.222. The lowest BCUT2D eigenvalue weighted by molar-refractivity contribution is -0.111. The molecule has 0 spiro atoms. The number of hydroxylamine groups is 2. The zero-order chi connectivity index (χ0) is 24.5. The summed E-state index contributed by atoms with van der Waals surface area (Å²) in [5, 5.41) is 5.63. The van der Waals surface area contributed by atoms with Gasteiger partial charge >= 0.3 is 0 Å². The SMILES string of the molecule is C=CC(=O)Nc1ccc(-c2c(-c3ccc(ON4CCCC4)cc3)c3c(N)ncnc3n2C)c(C)c1. The molecular formula is C27H28N6O2. The monoisotopic (exact) mass is 468 g/mol. The van der Waals surface area contributed by atoms with Gasteiger partial charge in [0, 0.05) is 37.0 Å². The van der Waals surface area contributed by atoms with Gasteiger partial charge < -0.3 is 20.5 Å². The fourth-order valence-corrected chi connectivity index (χ4v) is 4.68. The van der Waals surface area contributed by atoms with Crippen LogP contribution in [0.3, 0.4) is 0 Å². The maximum Gasteiger partial charge on any atom is 0.247 e. The van der Waals surface area contributed by atoms with Crippen LogP contribution in [0, 0.1) is 6.92 Å². The summed E-state index contributed by atoms with van der Waals surface area (Å²) in [6.07, 6.45) is 5.06. The second-order valence-electron chi connectivity index (χ2n) is 8.72. The van der Waals surface area contributed by atoms with Gasteiger partial charge in [-0.25, -0.2) is 9.97 Å². The van der Waals surface area contributed by atoms with Gasteiger partial charge in [-0.1, -0.05) is 24.8 Å². The Bertz CT molecular complexity index is 1420. The number of nitrogen functional groups attached to an aromatic ring is 1. The van der Waals surface area contributed by atoms with Gasteiger partial charge in [0.2, 0.25) is 5.91 Å². The number of nitrogens with zero attached hydrogens (tertiary/aromatic N) is 4. The van der Waals surface area contributed by atoms with Crippen molar-refractivity contribution in [2.45, 2.75) is 19.8 Å². The average molecular weight is 469 g/mol. The maximum atomic E-state index is 11.8. The van der Waals surface area contributed by atoms with E-state index in [2.05, 4.69) is 21.9 Å². The van der Waals surface area contributed by atoms with Gasteiger partial charge in [0.25, 0.3) is 0 Å². The molecule has 178 valence electrons. The van der Waals surface area contributed by atoms with Gasteiger partial charge in [-0.15, -0.1) is 5.06 Å². The van der Waals surface area contributed by atoms with Gasteiger partial charge in [0.05, 0.1) is 11.1 Å². The van der Waals surface area contributed by atoms with Crippen molar-refractivity contribution >= 4 is 28.4 Å². The molecule has 0 unspecified atom stereocenters. The van der Waals surface area contributed by atoms with Crippen LogP contribution in [0.4, 0.5) is 11.5 Å². The number of amides is 1. The largest absolute Gasteiger partial charge is 0.406 e. The predicted octanol–water partition coefficient (Wildman–Crippen LogP) is 4.71. The van der Waals surface area contributed by atoms with Crippen LogP contribution in [0.2, 0.25) is 0 Å². The molecule has 1 amide bonds. The van der Waals surface area contributed by atoms with Crippen molar-refractivity contribution in [1.29, 1.82) is 0 Å². The van der Waals surface area contributed by atoms with Crippen LogP contribution in [0.5, 0.6) is 5.75 Å². The van der Waals surface area contributed by atoms with Crippen molar-refractivity contribution in [3.05, 3.63) is 67.0 Å². The maximum absolute atomic E-state index is 11.8. The van der Waals surface area contributed by atoms with E-state index in [4.69, 9.17) is 10.6 Å². The number of hydrogen-bond acceptors (Lipinski definition) is 6. The van der Waals surface area contributed by atoms with Crippen molar-refractivity contribution in [2.75, 3.05) is 24.1 Å². The summed E-state index contributed by atoms with van der Waals surface area (Å²) in [7, 11) is 1.98. The van der Waals surface area contributed by atoms with Crippen molar-refractivity contribution in [1.82, 2.24) is 19.6 Å². The predicted molar refractivity (Wildman–Crippen MR) is 139 cm³/mol. The third kappa shape index (κ3) is 4.24. The average Bonchev–Trinajstić information content (AvgIpc) is 3.47. The number of benzene rings is 2. The normalized spacial score (nSPS) is 13.8. The Morgan fingerprint density at radius 2 is 1.89 bits per heavy atom. The first kappa shape index (κ1) is 22.6. The van der Waals surface area contributed by atoms with Gasteiger partial charge in [0.1, 0.15) is 23.5 Å². The molecule has 0 atom stereocenters. The van der Waals surface area contributed by atoms with Crippen LogP contribution in [0.15, 0.2) is 61.4 Å². The van der Waals surface area contributed by atoms with Crippen LogP contribution >= 0.6 is 0 Å². The number of aryl methyl sites for hydroxylation is 2. The molecule has 8 heteroatoms. The van der Waals surface area contributed by atoms with Crippen molar-refractivity contribution in [2.24, 2.45) is 7.05 Å². The Hall–Kier alpha value is -4.17. The molecule has 0 saturated carbocycles. The quantitative estimate of drug-likeness (QED) is 0.398. The van der Waals surface area contributed by atoms with Crippen LogP contribution in [-0.4, -0.2) is 38.6 Å². The molecule has 3 heterocycles. The van der Waals surface area contributed by atoms with Crippen LogP contribution in [0.1, 0.15) is 18.4 Å². The molecule has 1 aliphatic heterocycles. The summed E-state index contributed by atoms with van der Waals surface area (Å²) in [5.41, 5.74) is 12.8. The molecule has 8 nitrogen and oxygen atoms in total. The standard InChI is InChI=1S/C27H28N6O2/c1-4-22(34)31-19-9-12-21(17(2)15-19)25-23(24-26(28)29-16-30-27(24)32(25)3)18-7-10-20(11-8-18)35-33-13-5-6-14-33/h4,7-12,15-16H,1,5-6,13-14H2,2-3H3,(H,31,34)(H2,28,29,30). The summed E-state index contributed by atoms with van der Waals surface area (Å²) in [5.74, 6) is 0.985. The molecule has 1 aliphatic rings. The number of nitrogens with one attached hydrogen (secondary N) is 1. The van der Waals surface area contributed by atoms with E-state index in [0.29, 0.717) is 11.5 Å². The first-order valence-corrected chi connectivity index (χ1v) is 11.6. The Morgan fingerprint density at radius 1 is 1.14 bits per heavy atom. The van der Waals surface area contributed by atoms with Crippen molar-refractivity contribution in [3.63, 3.8) is 0 Å². The molecule has 2 aromatic heterocycles. The second-order valence-corrected chi connectivity index (χ2v) is 8.72. The number of fused-ring (bicyclic) bond motifs is 1. The molecular weight excluding hydrogens is 440 g/mol. The number of rotatable bonds is 6. The van der Waals surface area contributed by atoms with Gasteiger partial charge in [0.15, 0.2) is 0 Å². The summed E-state index contributed by atoms with van der Waals surface area (Å²) < 4.78 is 2.04. The van der Waals surface area contributed by atoms with Crippen molar-refractivity contribution < 1.29 is 9.63 Å². The minimum atomic E-state index is -0.248. The molecule has 35 heavy (non-hydrogen) atoms. The second kappa shape index (κ2) is 9.23. The van der Waals surface area contributed by atoms with E-state index in [1.807, 2.05) is 66.1 Å². The molecule has 1 saturated heterocycles. The first-order chi connectivity index (χ1) is 17.0. The van der Waals surface area contributed by atoms with E-state index in [1.165, 1.54) is 12.4 Å². The minimum absolute atomic E-state index is 0.248. The Balaban J connectivity index is 1.63. The van der Waals surface area contributed by atoms with Gasteiger partial charge in [-0.3, -0.25) is 4.79 Å². The van der Waals surface area contributed by atoms with E-state index in [-0.39, 0.29) is 5.91 Å². The topological polar surface area (TPSA) is 98.3 Å². The molecule has 2 aromatic carbocycles. The van der Waals surface area contributed by atoms with Crippen molar-refractivity contribution in [3.8, 4) is 28.1 Å². The highest BCUT2D eigenvalue weighted by Crippen LogP contribution is 2.43. The number of carbonyl (C=O) groups is 1. The fourth-order valence-electron chi connectivity index (χ4n) is 4.68. The summed E-state index contributed by atoms with van der Waals surface area (Å²) >= 11 is 0. The van der Waals surface area contributed by atoms with Gasteiger partial charge in [-0.2, -0.15) is 0 Å². The Morgan fingerprint density at radius 3 is 2.57 bits per heavy atom. The Kier molecular flexibility index (Phi) is 5.96.